The lowest BCUT2D eigenvalue weighted by atomic mass is 9.87. The topological polar surface area (TPSA) is 96.3 Å². The maximum atomic E-state index is 14.5. The fourth-order valence-corrected chi connectivity index (χ4v) is 4.97. The Morgan fingerprint density at radius 3 is 2.57 bits per heavy atom. The van der Waals surface area contributed by atoms with Crippen LogP contribution >= 0.6 is 11.6 Å². The molecule has 9 heteroatoms. The molecule has 3 aromatic carbocycles. The summed E-state index contributed by atoms with van der Waals surface area (Å²) in [5.41, 5.74) is 2.94. The molecule has 1 amide bonds. The number of oxime groups is 1. The van der Waals surface area contributed by atoms with Gasteiger partial charge in [0, 0.05) is 24.9 Å². The van der Waals surface area contributed by atoms with Gasteiger partial charge in [-0.05, 0) is 47.4 Å². The van der Waals surface area contributed by atoms with E-state index in [0.29, 0.717) is 18.5 Å². The lowest BCUT2D eigenvalue weighted by Crippen LogP contribution is -2.48. The van der Waals surface area contributed by atoms with Crippen LogP contribution in [-0.2, 0) is 27.3 Å². The zero-order valence-electron chi connectivity index (χ0n) is 19.6. The third kappa shape index (κ3) is 4.84. The van der Waals surface area contributed by atoms with Crippen molar-refractivity contribution in [2.24, 2.45) is 5.16 Å². The number of Topliss-reactive ketones (excluding diaryl/α,β-unsaturated/α-hetero) is 1. The van der Waals surface area contributed by atoms with Crippen LogP contribution in [0.25, 0.3) is 0 Å². The van der Waals surface area contributed by atoms with Gasteiger partial charge in [0.1, 0.15) is 6.04 Å². The van der Waals surface area contributed by atoms with E-state index in [1.807, 2.05) is 24.3 Å². The second-order valence-corrected chi connectivity index (χ2v) is 9.37. The normalized spacial score (nSPS) is 18.5. The number of hydrogen-bond acceptors (Lipinski definition) is 5. The maximum Gasteiger partial charge on any atom is 0.335 e. The summed E-state index contributed by atoms with van der Waals surface area (Å²) in [6, 6.07) is 17.3. The molecule has 37 heavy (non-hydrogen) atoms. The monoisotopic (exact) mass is 520 g/mol. The SMILES string of the molecule is O=C(O)c1ccc(CC(=O)[C@H]2c3ccccc3CCN2C(=O)[C@H]2CC(c3cccc(Cl)c3F)=NO2)cc1. The van der Waals surface area contributed by atoms with Crippen LogP contribution in [0.15, 0.2) is 71.9 Å². The van der Waals surface area contributed by atoms with Crippen LogP contribution in [0.5, 0.6) is 0 Å². The summed E-state index contributed by atoms with van der Waals surface area (Å²) < 4.78 is 14.5. The third-order valence-electron chi connectivity index (χ3n) is 6.66. The minimum absolute atomic E-state index is 0.0175. The van der Waals surface area contributed by atoms with Gasteiger partial charge >= 0.3 is 5.97 Å². The van der Waals surface area contributed by atoms with Crippen molar-refractivity contribution in [2.45, 2.75) is 31.4 Å². The highest BCUT2D eigenvalue weighted by atomic mass is 35.5. The second kappa shape index (κ2) is 10.1. The number of rotatable bonds is 6. The third-order valence-corrected chi connectivity index (χ3v) is 6.95. The molecule has 2 aliphatic rings. The zero-order valence-corrected chi connectivity index (χ0v) is 20.3. The second-order valence-electron chi connectivity index (χ2n) is 8.97. The van der Waals surface area contributed by atoms with Crippen LogP contribution in [0, 0.1) is 5.82 Å². The maximum absolute atomic E-state index is 14.5. The minimum Gasteiger partial charge on any atom is -0.478 e. The van der Waals surface area contributed by atoms with E-state index < -0.39 is 29.8 Å². The molecule has 188 valence electrons. The van der Waals surface area contributed by atoms with Gasteiger partial charge in [-0.2, -0.15) is 0 Å². The highest BCUT2D eigenvalue weighted by molar-refractivity contribution is 6.31. The fraction of sp³-hybridized carbons (Fsp3) is 0.214. The summed E-state index contributed by atoms with van der Waals surface area (Å²) in [7, 11) is 0. The number of aromatic carboxylic acids is 1. The van der Waals surface area contributed by atoms with E-state index in [2.05, 4.69) is 5.16 Å². The Morgan fingerprint density at radius 1 is 1.05 bits per heavy atom. The number of benzene rings is 3. The Kier molecular flexibility index (Phi) is 6.76. The molecule has 5 rings (SSSR count). The lowest BCUT2D eigenvalue weighted by molar-refractivity contribution is -0.149. The smallest absolute Gasteiger partial charge is 0.335 e. The van der Waals surface area contributed by atoms with Gasteiger partial charge in [0.15, 0.2) is 11.6 Å². The van der Waals surface area contributed by atoms with Crippen molar-refractivity contribution in [2.75, 3.05) is 6.54 Å². The summed E-state index contributed by atoms with van der Waals surface area (Å²) in [6.07, 6.45) is -0.360. The van der Waals surface area contributed by atoms with E-state index in [9.17, 15) is 18.8 Å². The molecule has 0 radical (unpaired) electrons. The zero-order chi connectivity index (χ0) is 26.1. The van der Waals surface area contributed by atoms with Crippen LogP contribution in [0.4, 0.5) is 4.39 Å². The van der Waals surface area contributed by atoms with Gasteiger partial charge in [0.25, 0.3) is 5.91 Å². The van der Waals surface area contributed by atoms with Crippen molar-refractivity contribution >= 4 is 35.0 Å². The molecule has 0 saturated heterocycles. The van der Waals surface area contributed by atoms with Crippen molar-refractivity contribution in [3.05, 3.63) is 105 Å². The van der Waals surface area contributed by atoms with Crippen LogP contribution in [0.3, 0.4) is 0 Å². The lowest BCUT2D eigenvalue weighted by Gasteiger charge is -2.37. The van der Waals surface area contributed by atoms with Crippen molar-refractivity contribution in [3.63, 3.8) is 0 Å². The van der Waals surface area contributed by atoms with Crippen molar-refractivity contribution in [1.82, 2.24) is 4.90 Å². The van der Waals surface area contributed by atoms with Gasteiger partial charge in [0.05, 0.1) is 16.3 Å². The summed E-state index contributed by atoms with van der Waals surface area (Å²) in [5.74, 6) is -2.29. The van der Waals surface area contributed by atoms with Crippen LogP contribution in [0.1, 0.15) is 45.1 Å². The van der Waals surface area contributed by atoms with E-state index in [1.54, 1.807) is 18.2 Å². The van der Waals surface area contributed by atoms with Crippen LogP contribution in [-0.4, -0.2) is 46.0 Å². The molecule has 0 unspecified atom stereocenters. The number of halogens is 2. The van der Waals surface area contributed by atoms with Crippen LogP contribution < -0.4 is 0 Å². The molecule has 0 spiro atoms. The summed E-state index contributed by atoms with van der Waals surface area (Å²) >= 11 is 5.89. The highest BCUT2D eigenvalue weighted by Gasteiger charge is 2.41. The number of carbonyl (C=O) groups excluding carboxylic acids is 2. The number of nitrogens with zero attached hydrogens (tertiary/aromatic N) is 2. The molecule has 0 bridgehead atoms. The fourth-order valence-electron chi connectivity index (χ4n) is 4.79. The van der Waals surface area contributed by atoms with E-state index in [4.69, 9.17) is 21.5 Å². The summed E-state index contributed by atoms with van der Waals surface area (Å²) in [4.78, 5) is 45.3. The number of carboxylic acid groups (broad SMARTS) is 1. The molecule has 2 aliphatic heterocycles. The number of amides is 1. The number of ketones is 1. The van der Waals surface area contributed by atoms with Gasteiger partial charge in [-0.1, -0.05) is 59.2 Å². The Hall–Kier alpha value is -4.04. The number of carbonyl (C=O) groups is 3. The van der Waals surface area contributed by atoms with Crippen LogP contribution in [0.2, 0.25) is 5.02 Å². The van der Waals surface area contributed by atoms with Crippen molar-refractivity contribution in [1.29, 1.82) is 0 Å². The Bertz CT molecular complexity index is 1420. The first-order valence-corrected chi connectivity index (χ1v) is 12.1. The molecule has 0 fully saturated rings. The number of fused-ring (bicyclic) bond motifs is 1. The molecular formula is C28H22ClFN2O5. The van der Waals surface area contributed by atoms with E-state index in [1.165, 1.54) is 29.2 Å². The van der Waals surface area contributed by atoms with Gasteiger partial charge < -0.3 is 14.8 Å². The quantitative estimate of drug-likeness (QED) is 0.512. The largest absolute Gasteiger partial charge is 0.478 e. The molecule has 0 saturated carbocycles. The molecular weight excluding hydrogens is 499 g/mol. The van der Waals surface area contributed by atoms with Crippen molar-refractivity contribution in [3.8, 4) is 0 Å². The molecule has 0 aromatic heterocycles. The van der Waals surface area contributed by atoms with Gasteiger partial charge in [0.2, 0.25) is 6.10 Å². The van der Waals surface area contributed by atoms with E-state index >= 15 is 0 Å². The van der Waals surface area contributed by atoms with Gasteiger partial charge in [-0.3, -0.25) is 9.59 Å². The first kappa shape index (κ1) is 24.6. The highest BCUT2D eigenvalue weighted by Crippen LogP contribution is 2.34. The van der Waals surface area contributed by atoms with Gasteiger partial charge in [-0.25, -0.2) is 9.18 Å². The molecule has 2 atom stereocenters. The molecule has 1 N–H and O–H groups in total. The number of carboxylic acids is 1. The summed E-state index contributed by atoms with van der Waals surface area (Å²) in [6.45, 7) is 0.310. The van der Waals surface area contributed by atoms with Gasteiger partial charge in [-0.15, -0.1) is 0 Å². The first-order valence-electron chi connectivity index (χ1n) is 11.7. The Labute approximate surface area is 217 Å². The standard InChI is InChI=1S/C28H22ClFN2O5/c29-21-7-3-6-20(25(21)30)22-15-24(37-31-22)27(34)32-13-12-17-4-1-2-5-19(17)26(32)23(33)14-16-8-10-18(11-9-16)28(35)36/h1-11,24,26H,12-15H2,(H,35,36)/t24-,26-/m1/s1. The molecule has 0 aliphatic carbocycles. The number of hydrogen-bond donors (Lipinski definition) is 1. The van der Waals surface area contributed by atoms with E-state index in [-0.39, 0.29) is 40.5 Å². The van der Waals surface area contributed by atoms with Crippen molar-refractivity contribution < 1.29 is 28.7 Å². The summed E-state index contributed by atoms with van der Waals surface area (Å²) in [5, 5.41) is 13.0. The minimum atomic E-state index is -1.05. The molecule has 7 nitrogen and oxygen atoms in total. The average Bonchev–Trinajstić information content (AvgIpc) is 3.39. The first-order chi connectivity index (χ1) is 17.8. The molecule has 3 aromatic rings. The Balaban J connectivity index is 1.38. The predicted octanol–water partition coefficient (Wildman–Crippen LogP) is 4.61. The molecule has 2 heterocycles. The predicted molar refractivity (Wildman–Crippen MR) is 134 cm³/mol. The van der Waals surface area contributed by atoms with E-state index in [0.717, 1.165) is 11.1 Å². The average molecular weight is 521 g/mol. The Morgan fingerprint density at radius 2 is 1.81 bits per heavy atom.